The number of halogens is 1. The number of hydrogen-bond donors (Lipinski definition) is 2. The molecule has 0 aliphatic carbocycles. The molecular formula is C20H26BrN3OS. The van der Waals surface area contributed by atoms with Crippen LogP contribution in [0.5, 0.6) is 0 Å². The van der Waals surface area contributed by atoms with E-state index in [-0.39, 0.29) is 6.10 Å². The maximum Gasteiger partial charge on any atom is 0.191 e. The second kappa shape index (κ2) is 9.53. The van der Waals surface area contributed by atoms with Crippen molar-refractivity contribution in [2.24, 2.45) is 10.9 Å². The molecule has 1 aliphatic heterocycles. The SMILES string of the molecule is CN=C(NCc1cc(Br)cs1)NCC1CCCOC1c1ccc(C)cc1. The highest BCUT2D eigenvalue weighted by Gasteiger charge is 2.27. The van der Waals surface area contributed by atoms with Crippen LogP contribution >= 0.6 is 27.3 Å². The molecule has 1 fully saturated rings. The van der Waals surface area contributed by atoms with Crippen molar-refractivity contribution < 1.29 is 4.74 Å². The van der Waals surface area contributed by atoms with Crippen LogP contribution in [-0.4, -0.2) is 26.2 Å². The molecule has 2 N–H and O–H groups in total. The topological polar surface area (TPSA) is 45.7 Å². The average molecular weight is 436 g/mol. The van der Waals surface area contributed by atoms with E-state index in [1.54, 1.807) is 11.3 Å². The van der Waals surface area contributed by atoms with Gasteiger partial charge in [-0.25, -0.2) is 0 Å². The first-order valence-corrected chi connectivity index (χ1v) is 10.7. The molecule has 2 unspecified atom stereocenters. The second-order valence-electron chi connectivity index (χ2n) is 6.64. The normalized spacial score (nSPS) is 20.8. The minimum atomic E-state index is 0.156. The van der Waals surface area contributed by atoms with Gasteiger partial charge in [-0.05, 0) is 47.3 Å². The molecule has 0 saturated carbocycles. The van der Waals surface area contributed by atoms with Crippen LogP contribution in [-0.2, 0) is 11.3 Å². The largest absolute Gasteiger partial charge is 0.373 e. The summed E-state index contributed by atoms with van der Waals surface area (Å²) in [5, 5.41) is 8.96. The molecule has 2 aromatic rings. The van der Waals surface area contributed by atoms with Gasteiger partial charge >= 0.3 is 0 Å². The van der Waals surface area contributed by atoms with Crippen molar-refractivity contribution in [1.29, 1.82) is 0 Å². The van der Waals surface area contributed by atoms with Crippen molar-refractivity contribution in [3.63, 3.8) is 0 Å². The van der Waals surface area contributed by atoms with Crippen molar-refractivity contribution in [3.05, 3.63) is 56.2 Å². The van der Waals surface area contributed by atoms with E-state index in [2.05, 4.69) is 74.2 Å². The molecule has 1 aromatic heterocycles. The molecule has 1 saturated heterocycles. The van der Waals surface area contributed by atoms with Gasteiger partial charge in [0.2, 0.25) is 0 Å². The van der Waals surface area contributed by atoms with E-state index in [9.17, 15) is 0 Å². The predicted molar refractivity (Wildman–Crippen MR) is 113 cm³/mol. The lowest BCUT2D eigenvalue weighted by Gasteiger charge is -2.32. The molecule has 2 heterocycles. The van der Waals surface area contributed by atoms with Crippen LogP contribution in [0.4, 0.5) is 0 Å². The molecule has 26 heavy (non-hydrogen) atoms. The minimum absolute atomic E-state index is 0.156. The van der Waals surface area contributed by atoms with Crippen molar-refractivity contribution in [3.8, 4) is 0 Å². The summed E-state index contributed by atoms with van der Waals surface area (Å²) in [6.45, 7) is 4.59. The molecule has 3 rings (SSSR count). The number of ether oxygens (including phenoxy) is 1. The third kappa shape index (κ3) is 5.32. The van der Waals surface area contributed by atoms with Crippen molar-refractivity contribution in [2.45, 2.75) is 32.4 Å². The third-order valence-corrected chi connectivity index (χ3v) is 6.36. The Hall–Kier alpha value is -1.37. The Morgan fingerprint density at radius 3 is 2.81 bits per heavy atom. The monoisotopic (exact) mass is 435 g/mol. The van der Waals surface area contributed by atoms with Gasteiger partial charge in [-0.3, -0.25) is 4.99 Å². The quantitative estimate of drug-likeness (QED) is 0.530. The lowest BCUT2D eigenvalue weighted by molar-refractivity contribution is -0.0265. The summed E-state index contributed by atoms with van der Waals surface area (Å²) in [7, 11) is 1.81. The highest BCUT2D eigenvalue weighted by Crippen LogP contribution is 2.33. The summed E-state index contributed by atoms with van der Waals surface area (Å²) >= 11 is 5.23. The zero-order chi connectivity index (χ0) is 18.4. The van der Waals surface area contributed by atoms with Gasteiger partial charge in [0, 0.05) is 40.8 Å². The van der Waals surface area contributed by atoms with E-state index in [0.717, 1.165) is 36.5 Å². The number of nitrogens with one attached hydrogen (secondary N) is 2. The first-order chi connectivity index (χ1) is 12.7. The van der Waals surface area contributed by atoms with Gasteiger partial charge in [-0.1, -0.05) is 29.8 Å². The van der Waals surface area contributed by atoms with Gasteiger partial charge in [0.05, 0.1) is 12.6 Å². The zero-order valence-electron chi connectivity index (χ0n) is 15.3. The number of nitrogens with zero attached hydrogens (tertiary/aromatic N) is 1. The van der Waals surface area contributed by atoms with Gasteiger partial charge in [-0.15, -0.1) is 11.3 Å². The molecule has 0 amide bonds. The van der Waals surface area contributed by atoms with Gasteiger partial charge in [0.15, 0.2) is 5.96 Å². The van der Waals surface area contributed by atoms with Crippen molar-refractivity contribution in [1.82, 2.24) is 10.6 Å². The number of hydrogen-bond acceptors (Lipinski definition) is 3. The molecule has 140 valence electrons. The highest BCUT2D eigenvalue weighted by molar-refractivity contribution is 9.10. The molecular weight excluding hydrogens is 410 g/mol. The number of benzene rings is 1. The van der Waals surface area contributed by atoms with E-state index >= 15 is 0 Å². The fourth-order valence-electron chi connectivity index (χ4n) is 3.24. The van der Waals surface area contributed by atoms with Crippen LogP contribution in [0.15, 0.2) is 45.2 Å². The summed E-state index contributed by atoms with van der Waals surface area (Å²) in [6.07, 6.45) is 2.44. The Morgan fingerprint density at radius 2 is 2.12 bits per heavy atom. The summed E-state index contributed by atoms with van der Waals surface area (Å²) < 4.78 is 7.24. The molecule has 1 aromatic carbocycles. The van der Waals surface area contributed by atoms with Crippen LogP contribution in [0.3, 0.4) is 0 Å². The minimum Gasteiger partial charge on any atom is -0.373 e. The van der Waals surface area contributed by atoms with Crippen LogP contribution in [0.25, 0.3) is 0 Å². The fourth-order valence-corrected chi connectivity index (χ4v) is 4.63. The molecule has 4 nitrogen and oxygen atoms in total. The van der Waals surface area contributed by atoms with Gasteiger partial charge in [0.25, 0.3) is 0 Å². The van der Waals surface area contributed by atoms with Crippen LogP contribution in [0.1, 0.15) is 34.9 Å². The fraction of sp³-hybridized carbons (Fsp3) is 0.450. The number of aliphatic imine (C=N–C) groups is 1. The first-order valence-electron chi connectivity index (χ1n) is 9.01. The third-order valence-electron chi connectivity index (χ3n) is 4.66. The van der Waals surface area contributed by atoms with Gasteiger partial charge in [0.1, 0.15) is 0 Å². The Balaban J connectivity index is 1.55. The predicted octanol–water partition coefficient (Wildman–Crippen LogP) is 4.65. The maximum atomic E-state index is 6.11. The molecule has 6 heteroatoms. The molecule has 2 atom stereocenters. The smallest absolute Gasteiger partial charge is 0.191 e. The number of rotatable bonds is 5. The Labute approximate surface area is 168 Å². The Kier molecular flexibility index (Phi) is 7.11. The molecule has 0 radical (unpaired) electrons. The van der Waals surface area contributed by atoms with Gasteiger partial charge in [-0.2, -0.15) is 0 Å². The number of guanidine groups is 1. The maximum absolute atomic E-state index is 6.11. The van der Waals surface area contributed by atoms with E-state index in [4.69, 9.17) is 4.74 Å². The van der Waals surface area contributed by atoms with Gasteiger partial charge < -0.3 is 15.4 Å². The van der Waals surface area contributed by atoms with Crippen LogP contribution < -0.4 is 10.6 Å². The lowest BCUT2D eigenvalue weighted by atomic mass is 9.89. The average Bonchev–Trinajstić information content (AvgIpc) is 3.08. The zero-order valence-corrected chi connectivity index (χ0v) is 17.7. The standard InChI is InChI=1S/C20H26BrN3OS/c1-14-5-7-15(8-6-14)19-16(4-3-9-25-19)11-23-20(22-2)24-12-18-10-17(21)13-26-18/h5-8,10,13,16,19H,3-4,9,11-12H2,1-2H3,(H2,22,23,24). The second-order valence-corrected chi connectivity index (χ2v) is 8.55. The first kappa shape index (κ1) is 19.4. The van der Waals surface area contributed by atoms with E-state index in [1.807, 2.05) is 7.05 Å². The molecule has 0 bridgehead atoms. The van der Waals surface area contributed by atoms with Crippen molar-refractivity contribution >= 4 is 33.2 Å². The Bertz CT molecular complexity index is 729. The van der Waals surface area contributed by atoms with Crippen LogP contribution in [0, 0.1) is 12.8 Å². The summed E-state index contributed by atoms with van der Waals surface area (Å²) in [6, 6.07) is 10.8. The molecule has 0 spiro atoms. The van der Waals surface area contributed by atoms with Crippen LogP contribution in [0.2, 0.25) is 0 Å². The number of aryl methyl sites for hydroxylation is 1. The summed E-state index contributed by atoms with van der Waals surface area (Å²) in [5.74, 6) is 1.28. The van der Waals surface area contributed by atoms with E-state index in [1.165, 1.54) is 22.4 Å². The summed E-state index contributed by atoms with van der Waals surface area (Å²) in [5.41, 5.74) is 2.55. The highest BCUT2D eigenvalue weighted by atomic mass is 79.9. The van der Waals surface area contributed by atoms with Crippen molar-refractivity contribution in [2.75, 3.05) is 20.2 Å². The van der Waals surface area contributed by atoms with E-state index in [0.29, 0.717) is 5.92 Å². The summed E-state index contributed by atoms with van der Waals surface area (Å²) in [4.78, 5) is 5.63. The lowest BCUT2D eigenvalue weighted by Crippen LogP contribution is -2.41. The Morgan fingerprint density at radius 1 is 1.31 bits per heavy atom. The van der Waals surface area contributed by atoms with E-state index < -0.39 is 0 Å². The number of thiophene rings is 1. The molecule has 1 aliphatic rings.